The van der Waals surface area contributed by atoms with Gasteiger partial charge in [-0.25, -0.2) is 9.36 Å². The van der Waals surface area contributed by atoms with E-state index in [-0.39, 0.29) is 6.42 Å². The highest BCUT2D eigenvalue weighted by atomic mass is 31.2. The first-order valence-corrected chi connectivity index (χ1v) is 15.8. The molecule has 0 rings (SSSR count). The second-order valence-electron chi connectivity index (χ2n) is 9.13. The SMILES string of the molecule is C#CC#CC#CC#CC#CC#CC#CC(=O)OC[C@@H](COP(=O)(O)O)OC(=O)CCCCCCCCCCCCCCC. The molecule has 43 heavy (non-hydrogen) atoms. The van der Waals surface area contributed by atoms with Crippen molar-refractivity contribution in [2.24, 2.45) is 0 Å². The summed E-state index contributed by atoms with van der Waals surface area (Å²) in [4.78, 5) is 42.0. The van der Waals surface area contributed by atoms with E-state index in [2.05, 4.69) is 88.4 Å². The molecule has 0 aromatic carbocycles. The summed E-state index contributed by atoms with van der Waals surface area (Å²) < 4.78 is 25.6. The fourth-order valence-corrected chi connectivity index (χ4v) is 3.79. The van der Waals surface area contributed by atoms with Gasteiger partial charge >= 0.3 is 19.8 Å². The summed E-state index contributed by atoms with van der Waals surface area (Å²) in [7, 11) is -4.82. The fraction of sp³-hybridized carbons (Fsp3) is 0.529. The maximum atomic E-state index is 12.2. The van der Waals surface area contributed by atoms with E-state index in [1.807, 2.05) is 0 Å². The molecule has 0 unspecified atom stereocenters. The van der Waals surface area contributed by atoms with Crippen LogP contribution in [0.2, 0.25) is 0 Å². The van der Waals surface area contributed by atoms with Crippen LogP contribution in [-0.2, 0) is 28.2 Å². The van der Waals surface area contributed by atoms with Crippen LogP contribution in [0.15, 0.2) is 0 Å². The van der Waals surface area contributed by atoms with Gasteiger partial charge in [-0.15, -0.1) is 6.42 Å². The lowest BCUT2D eigenvalue weighted by Gasteiger charge is -2.17. The molecule has 228 valence electrons. The van der Waals surface area contributed by atoms with E-state index >= 15 is 0 Å². The second-order valence-corrected chi connectivity index (χ2v) is 10.4. The van der Waals surface area contributed by atoms with Crippen LogP contribution in [0.3, 0.4) is 0 Å². The summed E-state index contributed by atoms with van der Waals surface area (Å²) in [5, 5.41) is 0. The van der Waals surface area contributed by atoms with Crippen LogP contribution in [0.4, 0.5) is 0 Å². The minimum absolute atomic E-state index is 0.130. The highest BCUT2D eigenvalue weighted by molar-refractivity contribution is 7.46. The van der Waals surface area contributed by atoms with Crippen LogP contribution in [0.25, 0.3) is 0 Å². The van der Waals surface area contributed by atoms with E-state index in [9.17, 15) is 14.2 Å². The predicted molar refractivity (Wildman–Crippen MR) is 165 cm³/mol. The van der Waals surface area contributed by atoms with Gasteiger partial charge in [0.05, 0.1) is 6.61 Å². The third-order valence-corrected chi connectivity index (χ3v) is 5.96. The van der Waals surface area contributed by atoms with Gasteiger partial charge in [-0.2, -0.15) is 0 Å². The molecular formula is C34H39O8P. The van der Waals surface area contributed by atoms with Crippen molar-refractivity contribution in [3.63, 3.8) is 0 Å². The standard InChI is InChI=1S/C34H39O8P/c1-3-5-7-9-11-13-15-17-19-21-23-25-27-29-34(36)42-32(31-41-43(37,38)39)30-40-33(35)28-26-24-22-20-18-16-14-12-10-8-6-4-2/h2,32H,3,5,7,9,11,13,15,17,19,21,23,25,27,29-31H2,1H3,(H2,37,38,39)/t32-/m0/s1. The lowest BCUT2D eigenvalue weighted by molar-refractivity contribution is -0.158. The zero-order valence-corrected chi connectivity index (χ0v) is 25.7. The zero-order valence-electron chi connectivity index (χ0n) is 24.8. The number of esters is 2. The van der Waals surface area contributed by atoms with Gasteiger partial charge in [-0.3, -0.25) is 9.32 Å². The first kappa shape index (κ1) is 39.0. The van der Waals surface area contributed by atoms with Crippen LogP contribution >= 0.6 is 7.82 Å². The number of carbonyl (C=O) groups excluding carboxylic acids is 2. The molecule has 2 N–H and O–H groups in total. The number of rotatable bonds is 20. The first-order chi connectivity index (χ1) is 20.8. The first-order valence-electron chi connectivity index (χ1n) is 14.3. The average molecular weight is 607 g/mol. The molecule has 0 fully saturated rings. The Hall–Kier alpha value is -4.03. The van der Waals surface area contributed by atoms with Crippen LogP contribution in [0, 0.1) is 83.4 Å². The Bertz CT molecular complexity index is 1310. The Morgan fingerprint density at radius 2 is 1.12 bits per heavy atom. The van der Waals surface area contributed by atoms with Crippen LogP contribution in [-0.4, -0.2) is 41.0 Å². The smallest absolute Gasteiger partial charge is 0.456 e. The molecule has 0 spiro atoms. The Labute approximate surface area is 257 Å². The quantitative estimate of drug-likeness (QED) is 0.0674. The summed E-state index contributed by atoms with van der Waals surface area (Å²) in [6, 6.07) is 0. The largest absolute Gasteiger partial charge is 0.469 e. The molecule has 0 heterocycles. The topological polar surface area (TPSA) is 119 Å². The second kappa shape index (κ2) is 28.1. The highest BCUT2D eigenvalue weighted by Gasteiger charge is 2.22. The predicted octanol–water partition coefficient (Wildman–Crippen LogP) is 4.69. The molecule has 0 aliphatic rings. The summed E-state index contributed by atoms with van der Waals surface area (Å²) in [5.41, 5.74) is 0. The fourth-order valence-electron chi connectivity index (χ4n) is 3.43. The Kier molecular flexibility index (Phi) is 25.5. The van der Waals surface area contributed by atoms with E-state index < -0.39 is 39.1 Å². The average Bonchev–Trinajstić information content (AvgIpc) is 2.97. The van der Waals surface area contributed by atoms with Gasteiger partial charge < -0.3 is 19.3 Å². The van der Waals surface area contributed by atoms with E-state index in [4.69, 9.17) is 25.7 Å². The van der Waals surface area contributed by atoms with Gasteiger partial charge in [-0.1, -0.05) is 84.0 Å². The minimum Gasteiger partial charge on any atom is -0.456 e. The molecule has 0 saturated carbocycles. The van der Waals surface area contributed by atoms with Crippen molar-refractivity contribution < 1.29 is 37.9 Å². The number of phosphoric acid groups is 1. The van der Waals surface area contributed by atoms with E-state index in [0.29, 0.717) is 6.42 Å². The lowest BCUT2D eigenvalue weighted by atomic mass is 10.0. The van der Waals surface area contributed by atoms with Gasteiger partial charge in [0, 0.05) is 12.3 Å². The molecular weight excluding hydrogens is 567 g/mol. The number of hydrogen-bond donors (Lipinski definition) is 2. The van der Waals surface area contributed by atoms with E-state index in [0.717, 1.165) is 19.3 Å². The lowest BCUT2D eigenvalue weighted by Crippen LogP contribution is -2.29. The third kappa shape index (κ3) is 30.8. The molecule has 9 heteroatoms. The maximum absolute atomic E-state index is 12.2. The molecule has 0 radical (unpaired) electrons. The number of unbranched alkanes of at least 4 members (excludes halogenated alkanes) is 12. The van der Waals surface area contributed by atoms with Crippen molar-refractivity contribution in [1.82, 2.24) is 0 Å². The molecule has 0 bridgehead atoms. The molecule has 0 aromatic heterocycles. The van der Waals surface area contributed by atoms with E-state index in [1.54, 1.807) is 0 Å². The van der Waals surface area contributed by atoms with Crippen molar-refractivity contribution in [3.05, 3.63) is 0 Å². The number of phosphoric ester groups is 1. The number of carbonyl (C=O) groups is 2. The van der Waals surface area contributed by atoms with Crippen molar-refractivity contribution in [1.29, 1.82) is 0 Å². The minimum atomic E-state index is -4.82. The van der Waals surface area contributed by atoms with E-state index in [1.165, 1.54) is 57.8 Å². The van der Waals surface area contributed by atoms with Gasteiger partial charge in [0.25, 0.3) is 0 Å². The summed E-state index contributed by atoms with van der Waals surface area (Å²) in [6.07, 6.45) is 19.0. The number of terminal acetylenes is 1. The Balaban J connectivity index is 4.41. The summed E-state index contributed by atoms with van der Waals surface area (Å²) in [5.74, 6) is 28.7. The van der Waals surface area contributed by atoms with Crippen molar-refractivity contribution >= 4 is 19.8 Å². The van der Waals surface area contributed by atoms with Crippen molar-refractivity contribution in [3.8, 4) is 83.4 Å². The summed E-state index contributed by atoms with van der Waals surface area (Å²) >= 11 is 0. The normalized spacial score (nSPS) is 9.91. The van der Waals surface area contributed by atoms with Crippen LogP contribution in [0.5, 0.6) is 0 Å². The zero-order chi connectivity index (χ0) is 31.9. The van der Waals surface area contributed by atoms with Crippen molar-refractivity contribution in [2.45, 2.75) is 103 Å². The molecule has 0 aliphatic carbocycles. The molecule has 0 aliphatic heterocycles. The van der Waals surface area contributed by atoms with Gasteiger partial charge in [0.15, 0.2) is 6.10 Å². The summed E-state index contributed by atoms with van der Waals surface area (Å²) in [6.45, 7) is 1.06. The van der Waals surface area contributed by atoms with Gasteiger partial charge in [0.1, 0.15) is 6.61 Å². The van der Waals surface area contributed by atoms with Crippen molar-refractivity contribution in [2.75, 3.05) is 13.2 Å². The molecule has 0 saturated heterocycles. The Morgan fingerprint density at radius 3 is 1.58 bits per heavy atom. The number of hydrogen-bond acceptors (Lipinski definition) is 6. The molecule has 0 amide bonds. The molecule has 1 atom stereocenters. The molecule has 8 nitrogen and oxygen atoms in total. The highest BCUT2D eigenvalue weighted by Crippen LogP contribution is 2.35. The Morgan fingerprint density at radius 1 is 0.674 bits per heavy atom. The van der Waals surface area contributed by atoms with Crippen LogP contribution < -0.4 is 0 Å². The third-order valence-electron chi connectivity index (χ3n) is 5.47. The number of ether oxygens (including phenoxy) is 2. The van der Waals surface area contributed by atoms with Gasteiger partial charge in [-0.05, 0) is 77.5 Å². The maximum Gasteiger partial charge on any atom is 0.469 e. The van der Waals surface area contributed by atoms with Gasteiger partial charge in [0.2, 0.25) is 0 Å². The van der Waals surface area contributed by atoms with Crippen LogP contribution in [0.1, 0.15) is 96.8 Å². The molecule has 0 aromatic rings. The monoisotopic (exact) mass is 606 g/mol.